The summed E-state index contributed by atoms with van der Waals surface area (Å²) in [5.41, 5.74) is 0.0991. The Hall–Kier alpha value is -1.56. The molecule has 1 unspecified atom stereocenters. The number of hydrogen-bond acceptors (Lipinski definition) is 2. The molecule has 0 spiro atoms. The van der Waals surface area contributed by atoms with Crippen LogP contribution in [0.2, 0.25) is 0 Å². The highest BCUT2D eigenvalue weighted by Crippen LogP contribution is 2.29. The van der Waals surface area contributed by atoms with Gasteiger partial charge in [0.15, 0.2) is 0 Å². The molecule has 0 saturated heterocycles. The maximum Gasteiger partial charge on any atom is 0.416 e. The Bertz CT molecular complexity index is 455. The van der Waals surface area contributed by atoms with E-state index in [9.17, 15) is 18.0 Å². The number of halogens is 3. The predicted octanol–water partition coefficient (Wildman–Crippen LogP) is 3.27. The normalized spacial score (nSPS) is 13.3. The van der Waals surface area contributed by atoms with Crippen molar-refractivity contribution in [1.82, 2.24) is 10.6 Å². The van der Waals surface area contributed by atoms with Crippen LogP contribution in [0, 0.1) is 0 Å². The Morgan fingerprint density at radius 3 is 2.19 bits per heavy atom. The van der Waals surface area contributed by atoms with Crippen LogP contribution in [0.4, 0.5) is 13.2 Å². The van der Waals surface area contributed by atoms with Crippen LogP contribution < -0.4 is 10.6 Å². The summed E-state index contributed by atoms with van der Waals surface area (Å²) in [5.74, 6) is -0.0443. The van der Waals surface area contributed by atoms with Crippen LogP contribution in [-0.4, -0.2) is 18.5 Å². The van der Waals surface area contributed by atoms with E-state index in [1.54, 1.807) is 0 Å². The first-order valence-electron chi connectivity index (χ1n) is 6.90. The Kier molecular flexibility index (Phi) is 6.20. The number of rotatable bonds is 6. The lowest BCUT2D eigenvalue weighted by Crippen LogP contribution is -2.33. The summed E-state index contributed by atoms with van der Waals surface area (Å²) in [5, 5.41) is 5.90. The molecule has 0 radical (unpaired) electrons. The zero-order valence-electron chi connectivity index (χ0n) is 12.4. The number of alkyl halides is 3. The molecule has 6 heteroatoms. The van der Waals surface area contributed by atoms with Gasteiger partial charge in [-0.1, -0.05) is 12.1 Å². The van der Waals surface area contributed by atoms with Crippen molar-refractivity contribution in [3.8, 4) is 0 Å². The van der Waals surface area contributed by atoms with E-state index < -0.39 is 11.7 Å². The topological polar surface area (TPSA) is 41.1 Å². The highest BCUT2D eigenvalue weighted by atomic mass is 19.4. The molecule has 0 fully saturated rings. The monoisotopic (exact) mass is 302 g/mol. The van der Waals surface area contributed by atoms with Crippen molar-refractivity contribution in [2.75, 3.05) is 6.54 Å². The van der Waals surface area contributed by atoms with Gasteiger partial charge in [-0.3, -0.25) is 4.79 Å². The minimum Gasteiger partial charge on any atom is -0.354 e. The highest BCUT2D eigenvalue weighted by molar-refractivity contribution is 5.76. The molecular formula is C15H21F3N2O. The van der Waals surface area contributed by atoms with Crippen LogP contribution >= 0.6 is 0 Å². The number of carbonyl (C=O) groups is 1. The minimum atomic E-state index is -4.32. The van der Waals surface area contributed by atoms with Crippen LogP contribution in [0.15, 0.2) is 24.3 Å². The number of amides is 1. The smallest absolute Gasteiger partial charge is 0.354 e. The van der Waals surface area contributed by atoms with E-state index in [1.807, 2.05) is 20.8 Å². The second-order valence-electron chi connectivity index (χ2n) is 5.27. The largest absolute Gasteiger partial charge is 0.416 e. The third kappa shape index (κ3) is 6.16. The Morgan fingerprint density at radius 1 is 1.14 bits per heavy atom. The summed E-state index contributed by atoms with van der Waals surface area (Å²) in [4.78, 5) is 11.5. The first kappa shape index (κ1) is 17.5. The van der Waals surface area contributed by atoms with Gasteiger partial charge in [-0.15, -0.1) is 0 Å². The number of benzene rings is 1. The van der Waals surface area contributed by atoms with Gasteiger partial charge < -0.3 is 10.6 Å². The third-order valence-corrected chi connectivity index (χ3v) is 2.99. The third-order valence-electron chi connectivity index (χ3n) is 2.99. The van der Waals surface area contributed by atoms with Crippen LogP contribution in [0.5, 0.6) is 0 Å². The first-order valence-corrected chi connectivity index (χ1v) is 6.90. The maximum absolute atomic E-state index is 12.5. The van der Waals surface area contributed by atoms with Crippen LogP contribution in [-0.2, 0) is 11.0 Å². The van der Waals surface area contributed by atoms with Crippen LogP contribution in [0.3, 0.4) is 0 Å². The Labute approximate surface area is 122 Å². The van der Waals surface area contributed by atoms with Crippen molar-refractivity contribution in [1.29, 1.82) is 0 Å². The zero-order chi connectivity index (χ0) is 16.0. The molecule has 0 aromatic heterocycles. The van der Waals surface area contributed by atoms with Crippen LogP contribution in [0.25, 0.3) is 0 Å². The van der Waals surface area contributed by atoms with E-state index in [0.29, 0.717) is 13.0 Å². The van der Waals surface area contributed by atoms with Crippen LogP contribution in [0.1, 0.15) is 44.4 Å². The Balaban J connectivity index is 2.45. The molecule has 0 aliphatic rings. The number of hydrogen-bond donors (Lipinski definition) is 2. The summed E-state index contributed by atoms with van der Waals surface area (Å²) in [6.45, 7) is 6.09. The highest BCUT2D eigenvalue weighted by Gasteiger charge is 2.30. The van der Waals surface area contributed by atoms with E-state index in [-0.39, 0.29) is 18.0 Å². The lowest BCUT2D eigenvalue weighted by Gasteiger charge is -2.15. The van der Waals surface area contributed by atoms with Gasteiger partial charge in [-0.25, -0.2) is 0 Å². The number of carbonyl (C=O) groups excluding carboxylic acids is 1. The van der Waals surface area contributed by atoms with E-state index in [0.717, 1.165) is 17.7 Å². The summed E-state index contributed by atoms with van der Waals surface area (Å²) in [6, 6.07) is 5.03. The van der Waals surface area contributed by atoms with Gasteiger partial charge in [-0.2, -0.15) is 13.2 Å². The molecule has 1 aromatic rings. The van der Waals surface area contributed by atoms with E-state index in [1.165, 1.54) is 12.1 Å². The van der Waals surface area contributed by atoms with E-state index in [2.05, 4.69) is 10.6 Å². The van der Waals surface area contributed by atoms with Crippen molar-refractivity contribution in [2.24, 2.45) is 0 Å². The van der Waals surface area contributed by atoms with E-state index >= 15 is 0 Å². The molecule has 1 rings (SSSR count). The summed E-state index contributed by atoms with van der Waals surface area (Å²) < 4.78 is 37.4. The van der Waals surface area contributed by atoms with Gasteiger partial charge in [-0.05, 0) is 38.5 Å². The second-order valence-corrected chi connectivity index (χ2v) is 5.27. The summed E-state index contributed by atoms with van der Waals surface area (Å²) in [6.07, 6.45) is -3.98. The molecule has 0 bridgehead atoms. The maximum atomic E-state index is 12.5. The second kappa shape index (κ2) is 7.45. The van der Waals surface area contributed by atoms with Gasteiger partial charge in [0, 0.05) is 25.0 Å². The van der Waals surface area contributed by atoms with Gasteiger partial charge in [0.25, 0.3) is 0 Å². The SMILES string of the molecule is CC(C)NC(=O)CCNC(C)c1ccc(C(F)(F)F)cc1. The molecule has 21 heavy (non-hydrogen) atoms. The molecule has 3 nitrogen and oxygen atoms in total. The Morgan fingerprint density at radius 2 is 1.71 bits per heavy atom. The number of nitrogens with one attached hydrogen (secondary N) is 2. The molecule has 0 saturated carbocycles. The molecule has 1 atom stereocenters. The first-order chi connectivity index (χ1) is 9.70. The van der Waals surface area contributed by atoms with E-state index in [4.69, 9.17) is 0 Å². The lowest BCUT2D eigenvalue weighted by atomic mass is 10.1. The standard InChI is InChI=1S/C15H21F3N2O/c1-10(2)20-14(21)8-9-19-11(3)12-4-6-13(7-5-12)15(16,17)18/h4-7,10-11,19H,8-9H2,1-3H3,(H,20,21). The summed E-state index contributed by atoms with van der Waals surface area (Å²) in [7, 11) is 0. The van der Waals surface area contributed by atoms with Crippen molar-refractivity contribution < 1.29 is 18.0 Å². The quantitative estimate of drug-likeness (QED) is 0.847. The van der Waals surface area contributed by atoms with Crippen molar-refractivity contribution in [2.45, 2.75) is 45.5 Å². The minimum absolute atomic E-state index is 0.0443. The van der Waals surface area contributed by atoms with Gasteiger partial charge in [0.2, 0.25) is 5.91 Å². The molecule has 0 heterocycles. The fraction of sp³-hybridized carbons (Fsp3) is 0.533. The molecule has 0 aliphatic heterocycles. The predicted molar refractivity (Wildman–Crippen MR) is 75.8 cm³/mol. The molecule has 118 valence electrons. The zero-order valence-corrected chi connectivity index (χ0v) is 12.4. The molecular weight excluding hydrogens is 281 g/mol. The van der Waals surface area contributed by atoms with Crippen molar-refractivity contribution >= 4 is 5.91 Å². The van der Waals surface area contributed by atoms with Crippen molar-refractivity contribution in [3.05, 3.63) is 35.4 Å². The average molecular weight is 302 g/mol. The van der Waals surface area contributed by atoms with Crippen molar-refractivity contribution in [3.63, 3.8) is 0 Å². The molecule has 1 amide bonds. The summed E-state index contributed by atoms with van der Waals surface area (Å²) >= 11 is 0. The average Bonchev–Trinajstić information content (AvgIpc) is 2.36. The molecule has 2 N–H and O–H groups in total. The molecule has 0 aliphatic carbocycles. The molecule has 1 aromatic carbocycles. The van der Waals surface area contributed by atoms with Gasteiger partial charge in [0.1, 0.15) is 0 Å². The lowest BCUT2D eigenvalue weighted by molar-refractivity contribution is -0.137. The van der Waals surface area contributed by atoms with Gasteiger partial charge >= 0.3 is 6.18 Å². The fourth-order valence-corrected chi connectivity index (χ4v) is 1.87. The van der Waals surface area contributed by atoms with Gasteiger partial charge in [0.05, 0.1) is 5.56 Å². The fourth-order valence-electron chi connectivity index (χ4n) is 1.87.